The van der Waals surface area contributed by atoms with Crippen LogP contribution in [0.4, 0.5) is 0 Å². The quantitative estimate of drug-likeness (QED) is 0.468. The summed E-state index contributed by atoms with van der Waals surface area (Å²) in [5.74, 6) is -0.349. The molecule has 2 aromatic carbocycles. The highest BCUT2D eigenvalue weighted by atomic mass is 35.5. The SMILES string of the molecule is CCN(CC)C(CNC(=O)c1cccc(S(=O)(=O)NCCOC)c1)c1ccccc1Cl. The van der Waals surface area contributed by atoms with E-state index in [0.29, 0.717) is 11.6 Å². The molecule has 0 aliphatic heterocycles. The molecule has 0 aromatic heterocycles. The normalized spacial score (nSPS) is 12.7. The van der Waals surface area contributed by atoms with Gasteiger partial charge in [0.1, 0.15) is 0 Å². The molecule has 0 heterocycles. The average molecular weight is 468 g/mol. The van der Waals surface area contributed by atoms with Crippen LogP contribution in [0.3, 0.4) is 0 Å². The highest BCUT2D eigenvalue weighted by Gasteiger charge is 2.22. The summed E-state index contributed by atoms with van der Waals surface area (Å²) in [6.07, 6.45) is 0. The van der Waals surface area contributed by atoms with Crippen LogP contribution in [-0.2, 0) is 14.8 Å². The number of halogens is 1. The van der Waals surface area contributed by atoms with E-state index < -0.39 is 10.0 Å². The van der Waals surface area contributed by atoms with Crippen LogP contribution < -0.4 is 10.0 Å². The molecule has 7 nitrogen and oxygen atoms in total. The van der Waals surface area contributed by atoms with Gasteiger partial charge in [-0.05, 0) is 42.9 Å². The third-order valence-corrected chi connectivity index (χ3v) is 6.78. The minimum absolute atomic E-state index is 0.0302. The minimum Gasteiger partial charge on any atom is -0.383 e. The smallest absolute Gasteiger partial charge is 0.251 e. The predicted octanol–water partition coefficient (Wildman–Crippen LogP) is 3.08. The molecule has 2 aromatic rings. The van der Waals surface area contributed by atoms with Gasteiger partial charge in [0.15, 0.2) is 0 Å². The third-order valence-electron chi connectivity index (χ3n) is 4.98. The van der Waals surface area contributed by atoms with Crippen LogP contribution in [0.5, 0.6) is 0 Å². The molecule has 170 valence electrons. The van der Waals surface area contributed by atoms with Crippen molar-refractivity contribution >= 4 is 27.5 Å². The Morgan fingerprint density at radius 3 is 2.48 bits per heavy atom. The van der Waals surface area contributed by atoms with E-state index in [0.717, 1.165) is 18.7 Å². The first-order chi connectivity index (χ1) is 14.8. The fraction of sp³-hybridized carbons (Fsp3) is 0.409. The Morgan fingerprint density at radius 2 is 1.84 bits per heavy atom. The first-order valence-corrected chi connectivity index (χ1v) is 12.1. The molecule has 0 spiro atoms. The van der Waals surface area contributed by atoms with Crippen molar-refractivity contribution in [2.75, 3.05) is 39.9 Å². The van der Waals surface area contributed by atoms with E-state index in [9.17, 15) is 13.2 Å². The molecule has 2 N–H and O–H groups in total. The van der Waals surface area contributed by atoms with Gasteiger partial charge in [-0.1, -0.05) is 49.7 Å². The molecular formula is C22H30ClN3O4S. The molecule has 0 fully saturated rings. The number of hydrogen-bond acceptors (Lipinski definition) is 5. The first-order valence-electron chi connectivity index (χ1n) is 10.2. The largest absolute Gasteiger partial charge is 0.383 e. The standard InChI is InChI=1S/C22H30ClN3O4S/c1-4-26(5-2)21(19-11-6-7-12-20(19)23)16-24-22(27)17-9-8-10-18(15-17)31(28,29)25-13-14-30-3/h6-12,15,21,25H,4-5,13-14,16H2,1-3H3,(H,24,27). The third kappa shape index (κ3) is 7.02. The van der Waals surface area contributed by atoms with Gasteiger partial charge in [-0.25, -0.2) is 13.1 Å². The molecule has 0 aliphatic rings. The van der Waals surface area contributed by atoms with Gasteiger partial charge in [-0.2, -0.15) is 0 Å². The van der Waals surface area contributed by atoms with Crippen molar-refractivity contribution in [1.29, 1.82) is 0 Å². The van der Waals surface area contributed by atoms with Crippen molar-refractivity contribution in [3.05, 3.63) is 64.7 Å². The molecule has 0 aliphatic carbocycles. The van der Waals surface area contributed by atoms with Crippen LogP contribution in [-0.4, -0.2) is 59.1 Å². The second-order valence-corrected chi connectivity index (χ2v) is 9.06. The molecule has 0 bridgehead atoms. The average Bonchev–Trinajstić information content (AvgIpc) is 2.77. The zero-order chi connectivity index (χ0) is 22.9. The van der Waals surface area contributed by atoms with Crippen LogP contribution in [0.25, 0.3) is 0 Å². The number of nitrogens with zero attached hydrogens (tertiary/aromatic N) is 1. The van der Waals surface area contributed by atoms with E-state index in [4.69, 9.17) is 16.3 Å². The maximum Gasteiger partial charge on any atom is 0.251 e. The van der Waals surface area contributed by atoms with E-state index in [1.807, 2.05) is 24.3 Å². The second kappa shape index (κ2) is 12.2. The number of sulfonamides is 1. The summed E-state index contributed by atoms with van der Waals surface area (Å²) >= 11 is 6.41. The number of nitrogens with one attached hydrogen (secondary N) is 2. The van der Waals surface area contributed by atoms with E-state index in [-0.39, 0.29) is 35.6 Å². The second-order valence-electron chi connectivity index (χ2n) is 6.89. The zero-order valence-corrected chi connectivity index (χ0v) is 19.7. The molecule has 2 rings (SSSR count). The van der Waals surface area contributed by atoms with Gasteiger partial charge in [0.2, 0.25) is 10.0 Å². The number of rotatable bonds is 12. The summed E-state index contributed by atoms with van der Waals surface area (Å²) in [6.45, 7) is 6.45. The van der Waals surface area contributed by atoms with Crippen molar-refractivity contribution in [3.63, 3.8) is 0 Å². The zero-order valence-electron chi connectivity index (χ0n) is 18.1. The van der Waals surface area contributed by atoms with Gasteiger partial charge in [0.25, 0.3) is 5.91 Å². The fourth-order valence-electron chi connectivity index (χ4n) is 3.30. The molecule has 1 unspecified atom stereocenters. The van der Waals surface area contributed by atoms with Crippen molar-refractivity contribution in [3.8, 4) is 0 Å². The van der Waals surface area contributed by atoms with Crippen LogP contribution in [0, 0.1) is 0 Å². The highest BCUT2D eigenvalue weighted by Crippen LogP contribution is 2.27. The number of likely N-dealkylation sites (N-methyl/N-ethyl adjacent to an activating group) is 1. The van der Waals surface area contributed by atoms with Crippen molar-refractivity contribution in [1.82, 2.24) is 14.9 Å². The Bertz CT molecular complexity index is 965. The van der Waals surface area contributed by atoms with Gasteiger partial charge < -0.3 is 10.1 Å². The monoisotopic (exact) mass is 467 g/mol. The van der Waals surface area contributed by atoms with Gasteiger partial charge in [-0.3, -0.25) is 9.69 Å². The number of methoxy groups -OCH3 is 1. The van der Waals surface area contributed by atoms with Gasteiger partial charge >= 0.3 is 0 Å². The van der Waals surface area contributed by atoms with Crippen LogP contribution in [0.1, 0.15) is 35.8 Å². The Kier molecular flexibility index (Phi) is 9.93. The van der Waals surface area contributed by atoms with Crippen LogP contribution in [0.2, 0.25) is 5.02 Å². The number of carbonyl (C=O) groups is 1. The number of carbonyl (C=O) groups excluding carboxylic acids is 1. The van der Waals surface area contributed by atoms with Crippen LogP contribution in [0.15, 0.2) is 53.4 Å². The maximum atomic E-state index is 12.8. The number of ether oxygens (including phenoxy) is 1. The Labute approximate surface area is 189 Å². The minimum atomic E-state index is -3.73. The fourth-order valence-corrected chi connectivity index (χ4v) is 4.62. The summed E-state index contributed by atoms with van der Waals surface area (Å²) < 4.78 is 32.1. The van der Waals surface area contributed by atoms with Crippen molar-refractivity contribution in [2.45, 2.75) is 24.8 Å². The first kappa shape index (κ1) is 25.3. The lowest BCUT2D eigenvalue weighted by atomic mass is 10.0. The highest BCUT2D eigenvalue weighted by molar-refractivity contribution is 7.89. The number of hydrogen-bond donors (Lipinski definition) is 2. The molecule has 31 heavy (non-hydrogen) atoms. The molecule has 9 heteroatoms. The summed E-state index contributed by atoms with van der Waals surface area (Å²) in [5, 5.41) is 3.57. The van der Waals surface area contributed by atoms with E-state index in [1.54, 1.807) is 12.1 Å². The lowest BCUT2D eigenvalue weighted by Gasteiger charge is -2.31. The predicted molar refractivity (Wildman–Crippen MR) is 123 cm³/mol. The summed E-state index contributed by atoms with van der Waals surface area (Å²) in [7, 11) is -2.23. The molecular weight excluding hydrogens is 438 g/mol. The molecule has 0 saturated heterocycles. The summed E-state index contributed by atoms with van der Waals surface area (Å²) in [4.78, 5) is 15.0. The lowest BCUT2D eigenvalue weighted by Crippen LogP contribution is -2.38. The number of amides is 1. The Morgan fingerprint density at radius 1 is 1.13 bits per heavy atom. The summed E-state index contributed by atoms with van der Waals surface area (Å²) in [6, 6.07) is 13.4. The maximum absolute atomic E-state index is 12.8. The summed E-state index contributed by atoms with van der Waals surface area (Å²) in [5.41, 5.74) is 1.21. The van der Waals surface area contributed by atoms with Gasteiger partial charge in [-0.15, -0.1) is 0 Å². The number of benzene rings is 2. The van der Waals surface area contributed by atoms with E-state index >= 15 is 0 Å². The van der Waals surface area contributed by atoms with Crippen molar-refractivity contribution < 1.29 is 17.9 Å². The Hall–Kier alpha value is -1.97. The molecule has 1 amide bonds. The van der Waals surface area contributed by atoms with Crippen LogP contribution >= 0.6 is 11.6 Å². The van der Waals surface area contributed by atoms with E-state index in [1.165, 1.54) is 19.2 Å². The van der Waals surface area contributed by atoms with Crippen molar-refractivity contribution in [2.24, 2.45) is 0 Å². The lowest BCUT2D eigenvalue weighted by molar-refractivity contribution is 0.0934. The van der Waals surface area contributed by atoms with Gasteiger partial charge in [0, 0.05) is 30.8 Å². The van der Waals surface area contributed by atoms with E-state index in [2.05, 4.69) is 28.8 Å². The topological polar surface area (TPSA) is 87.7 Å². The molecule has 1 atom stereocenters. The molecule has 0 radical (unpaired) electrons. The molecule has 0 saturated carbocycles. The Balaban J connectivity index is 2.17. The van der Waals surface area contributed by atoms with Gasteiger partial charge in [0.05, 0.1) is 17.5 Å².